The van der Waals surface area contributed by atoms with Crippen LogP contribution in [0.15, 0.2) is 69.9 Å². The van der Waals surface area contributed by atoms with Crippen LogP contribution in [0.25, 0.3) is 0 Å². The number of halogens is 1. The van der Waals surface area contributed by atoms with E-state index in [1.54, 1.807) is 12.1 Å². The number of fused-ring (bicyclic) bond motifs is 1. The van der Waals surface area contributed by atoms with Gasteiger partial charge in [0.05, 0.1) is 5.70 Å². The van der Waals surface area contributed by atoms with Gasteiger partial charge in [0.1, 0.15) is 18.1 Å². The number of Topliss-reactive ketones (excluding diaryl/α,β-unsaturated/α-hetero) is 1. The molecule has 136 valence electrons. The summed E-state index contributed by atoms with van der Waals surface area (Å²) in [6, 6.07) is 13.5. The maximum atomic E-state index is 13.0. The van der Waals surface area contributed by atoms with E-state index in [-0.39, 0.29) is 18.2 Å². The lowest BCUT2D eigenvalue weighted by Gasteiger charge is -2.20. The molecule has 1 aliphatic heterocycles. The molecule has 0 aromatic heterocycles. The molecule has 0 bridgehead atoms. The van der Waals surface area contributed by atoms with Gasteiger partial charge in [-0.25, -0.2) is 4.39 Å². The second kappa shape index (κ2) is 7.27. The highest BCUT2D eigenvalue weighted by atomic mass is 19.1. The molecule has 0 saturated heterocycles. The normalized spacial score (nSPS) is 20.3. The minimum absolute atomic E-state index is 0.0179. The Morgan fingerprint density at radius 1 is 1.15 bits per heavy atom. The summed E-state index contributed by atoms with van der Waals surface area (Å²) < 4.78 is 13.0. The van der Waals surface area contributed by atoms with Gasteiger partial charge in [-0.2, -0.15) is 0 Å². The monoisotopic (exact) mass is 362 g/mol. The summed E-state index contributed by atoms with van der Waals surface area (Å²) in [7, 11) is 0. The van der Waals surface area contributed by atoms with Crippen LogP contribution < -0.4 is 0 Å². The summed E-state index contributed by atoms with van der Waals surface area (Å²) in [5.74, 6) is 0.0266. The van der Waals surface area contributed by atoms with Crippen LogP contribution in [0.1, 0.15) is 41.3 Å². The molecule has 5 heteroatoms. The fraction of sp³-hybridized carbons (Fsp3) is 0.227. The molecule has 1 atom stereocenters. The zero-order chi connectivity index (χ0) is 18.8. The second-order valence-electron chi connectivity index (χ2n) is 6.84. The topological polar surface area (TPSA) is 51.0 Å². The molecule has 27 heavy (non-hydrogen) atoms. The van der Waals surface area contributed by atoms with Gasteiger partial charge in [-0.15, -0.1) is 0 Å². The minimum Gasteiger partial charge on any atom is -0.390 e. The molecule has 0 spiro atoms. The van der Waals surface area contributed by atoms with Crippen molar-refractivity contribution in [2.24, 2.45) is 16.1 Å². The van der Waals surface area contributed by atoms with Crippen molar-refractivity contribution >= 4 is 17.7 Å². The van der Waals surface area contributed by atoms with Gasteiger partial charge in [0.25, 0.3) is 0 Å². The van der Waals surface area contributed by atoms with E-state index < -0.39 is 0 Å². The van der Waals surface area contributed by atoms with E-state index in [1.165, 1.54) is 12.1 Å². The van der Waals surface area contributed by atoms with Crippen molar-refractivity contribution in [1.29, 1.82) is 0 Å². The molecule has 0 fully saturated rings. The third-order valence-electron chi connectivity index (χ3n) is 4.82. The SMILES string of the molecule is CC1C=NC2=C(CC1)C(=O)c1ccccc1/C2=N\OCc1ccc(F)cc1. The fourth-order valence-corrected chi connectivity index (χ4v) is 3.29. The molecule has 2 aromatic rings. The summed E-state index contributed by atoms with van der Waals surface area (Å²) in [5.41, 5.74) is 4.04. The average Bonchev–Trinajstić information content (AvgIpc) is 2.88. The number of aliphatic imine (C=N–C) groups is 1. The molecule has 1 heterocycles. The van der Waals surface area contributed by atoms with Gasteiger partial charge in [0, 0.05) is 22.9 Å². The van der Waals surface area contributed by atoms with Crippen molar-refractivity contribution in [3.63, 3.8) is 0 Å². The molecule has 4 rings (SSSR count). The Morgan fingerprint density at radius 3 is 2.67 bits per heavy atom. The largest absolute Gasteiger partial charge is 0.390 e. The second-order valence-corrected chi connectivity index (χ2v) is 6.84. The number of benzene rings is 2. The first-order valence-corrected chi connectivity index (χ1v) is 8.99. The van der Waals surface area contributed by atoms with Crippen molar-refractivity contribution in [2.75, 3.05) is 0 Å². The molecule has 0 radical (unpaired) electrons. The minimum atomic E-state index is -0.290. The average molecular weight is 362 g/mol. The van der Waals surface area contributed by atoms with Crippen LogP contribution in [0.4, 0.5) is 4.39 Å². The van der Waals surface area contributed by atoms with E-state index in [4.69, 9.17) is 4.84 Å². The Morgan fingerprint density at radius 2 is 1.89 bits per heavy atom. The maximum Gasteiger partial charge on any atom is 0.191 e. The van der Waals surface area contributed by atoms with Crippen molar-refractivity contribution in [3.05, 3.63) is 82.3 Å². The van der Waals surface area contributed by atoms with E-state index in [0.29, 0.717) is 34.9 Å². The Labute approximate surface area is 157 Å². The molecule has 0 amide bonds. The van der Waals surface area contributed by atoms with E-state index >= 15 is 0 Å². The Hall–Kier alpha value is -3.08. The highest BCUT2D eigenvalue weighted by Crippen LogP contribution is 2.32. The number of carbonyl (C=O) groups is 1. The van der Waals surface area contributed by atoms with Crippen molar-refractivity contribution in [1.82, 2.24) is 0 Å². The number of oxime groups is 1. The van der Waals surface area contributed by atoms with Crippen LogP contribution in [0, 0.1) is 11.7 Å². The lowest BCUT2D eigenvalue weighted by Crippen LogP contribution is -2.22. The molecular formula is C22H19FN2O2. The predicted molar refractivity (Wildman–Crippen MR) is 102 cm³/mol. The molecule has 4 nitrogen and oxygen atoms in total. The van der Waals surface area contributed by atoms with Gasteiger partial charge >= 0.3 is 0 Å². The van der Waals surface area contributed by atoms with E-state index in [9.17, 15) is 9.18 Å². The quantitative estimate of drug-likeness (QED) is 0.743. The third kappa shape index (κ3) is 3.45. The van der Waals surface area contributed by atoms with Crippen LogP contribution in [-0.2, 0) is 11.4 Å². The van der Waals surface area contributed by atoms with Gasteiger partial charge in [-0.05, 0) is 36.5 Å². The molecule has 0 N–H and O–H groups in total. The zero-order valence-electron chi connectivity index (χ0n) is 15.0. The number of carbonyl (C=O) groups excluding carboxylic acids is 1. The Kier molecular flexibility index (Phi) is 4.67. The van der Waals surface area contributed by atoms with Gasteiger partial charge in [-0.3, -0.25) is 9.79 Å². The van der Waals surface area contributed by atoms with Crippen molar-refractivity contribution in [2.45, 2.75) is 26.4 Å². The third-order valence-corrected chi connectivity index (χ3v) is 4.82. The van der Waals surface area contributed by atoms with Crippen LogP contribution in [0.2, 0.25) is 0 Å². The summed E-state index contributed by atoms with van der Waals surface area (Å²) in [5, 5.41) is 4.33. The standard InChI is InChI=1S/C22H19FN2O2/c1-14-6-11-19-20(24-12-14)21(17-4-2-3-5-18(17)22(19)26)25-27-13-15-7-9-16(23)10-8-15/h2-5,7-10,12,14H,6,11,13H2,1H3/b25-21+. The smallest absolute Gasteiger partial charge is 0.191 e. The summed E-state index contributed by atoms with van der Waals surface area (Å²) >= 11 is 0. The lowest BCUT2D eigenvalue weighted by atomic mass is 9.85. The van der Waals surface area contributed by atoms with Gasteiger partial charge in [0.15, 0.2) is 5.78 Å². The molecule has 0 saturated carbocycles. The molecule has 1 unspecified atom stereocenters. The molecular weight excluding hydrogens is 343 g/mol. The molecule has 2 aliphatic rings. The predicted octanol–water partition coefficient (Wildman–Crippen LogP) is 4.70. The van der Waals surface area contributed by atoms with Crippen LogP contribution in [-0.4, -0.2) is 17.7 Å². The van der Waals surface area contributed by atoms with Crippen LogP contribution >= 0.6 is 0 Å². The van der Waals surface area contributed by atoms with Crippen molar-refractivity contribution in [3.8, 4) is 0 Å². The van der Waals surface area contributed by atoms with E-state index in [1.807, 2.05) is 30.5 Å². The van der Waals surface area contributed by atoms with Crippen LogP contribution in [0.3, 0.4) is 0 Å². The van der Waals surface area contributed by atoms with E-state index in [2.05, 4.69) is 17.1 Å². The number of nitrogens with zero attached hydrogens (tertiary/aromatic N) is 2. The highest BCUT2D eigenvalue weighted by molar-refractivity contribution is 6.28. The van der Waals surface area contributed by atoms with Crippen LogP contribution in [0.5, 0.6) is 0 Å². The Balaban J connectivity index is 1.70. The Bertz CT molecular complexity index is 974. The van der Waals surface area contributed by atoms with Gasteiger partial charge in [0.2, 0.25) is 0 Å². The van der Waals surface area contributed by atoms with Crippen molar-refractivity contribution < 1.29 is 14.0 Å². The van der Waals surface area contributed by atoms with Gasteiger partial charge in [-0.1, -0.05) is 48.5 Å². The highest BCUT2D eigenvalue weighted by Gasteiger charge is 2.32. The zero-order valence-corrected chi connectivity index (χ0v) is 15.0. The number of hydrogen-bond acceptors (Lipinski definition) is 4. The first-order chi connectivity index (χ1) is 13.1. The number of ketones is 1. The number of hydrogen-bond donors (Lipinski definition) is 0. The van der Waals surface area contributed by atoms with Gasteiger partial charge < -0.3 is 4.84 Å². The number of rotatable bonds is 3. The first-order valence-electron chi connectivity index (χ1n) is 8.99. The fourth-order valence-electron chi connectivity index (χ4n) is 3.29. The summed E-state index contributed by atoms with van der Waals surface area (Å²) in [4.78, 5) is 23.0. The summed E-state index contributed by atoms with van der Waals surface area (Å²) in [6.45, 7) is 2.30. The molecule has 1 aliphatic carbocycles. The molecule has 2 aromatic carbocycles. The maximum absolute atomic E-state index is 13.0. The first kappa shape index (κ1) is 17.3. The number of allylic oxidation sites excluding steroid dienone is 2. The van der Waals surface area contributed by atoms with E-state index in [0.717, 1.165) is 17.5 Å². The lowest BCUT2D eigenvalue weighted by molar-refractivity contribution is 0.102. The summed E-state index contributed by atoms with van der Waals surface area (Å²) in [6.07, 6.45) is 3.42.